The number of Topliss-reactive ketones (excluding diaryl/α,β-unsaturated/α-hetero) is 2. The number of ketones is 2. The molecular weight excluding hydrogens is 388 g/mol. The third-order valence-corrected chi connectivity index (χ3v) is 6.36. The number of hydrogen-bond donors (Lipinski definition) is 4. The molecule has 1 amide bonds. The molecule has 158 valence electrons. The number of rotatable bonds is 3. The zero-order chi connectivity index (χ0) is 21.9. The lowest BCUT2D eigenvalue weighted by Gasteiger charge is -2.41. The van der Waals surface area contributed by atoms with Gasteiger partial charge in [-0.2, -0.15) is 0 Å². The van der Waals surface area contributed by atoms with Gasteiger partial charge in [-0.05, 0) is 56.0 Å². The van der Waals surface area contributed by atoms with Crippen molar-refractivity contribution in [3.05, 3.63) is 45.7 Å². The van der Waals surface area contributed by atoms with Crippen molar-refractivity contribution < 1.29 is 29.7 Å². The predicted molar refractivity (Wildman–Crippen MR) is 107 cm³/mol. The van der Waals surface area contributed by atoms with Crippen molar-refractivity contribution in [2.24, 2.45) is 23.5 Å². The van der Waals surface area contributed by atoms with Crippen LogP contribution in [0.15, 0.2) is 29.0 Å². The molecule has 3 aliphatic carbocycles. The largest absolute Gasteiger partial charge is 0.511 e. The van der Waals surface area contributed by atoms with Crippen LogP contribution >= 0.6 is 0 Å². The van der Waals surface area contributed by atoms with Gasteiger partial charge in [0.1, 0.15) is 22.8 Å². The molecule has 1 aromatic rings. The summed E-state index contributed by atoms with van der Waals surface area (Å²) in [7, 11) is 3.83. The Labute approximate surface area is 173 Å². The summed E-state index contributed by atoms with van der Waals surface area (Å²) in [6, 6.07) is 3.30. The lowest BCUT2D eigenvalue weighted by Crippen LogP contribution is -2.44. The average molecular weight is 412 g/mol. The monoisotopic (exact) mass is 412 g/mol. The number of aliphatic hydroxyl groups is 2. The second-order valence-electron chi connectivity index (χ2n) is 8.59. The van der Waals surface area contributed by atoms with Gasteiger partial charge in [0.25, 0.3) is 5.91 Å². The Morgan fingerprint density at radius 3 is 2.50 bits per heavy atom. The number of benzene rings is 1. The van der Waals surface area contributed by atoms with E-state index in [0.29, 0.717) is 19.4 Å². The molecule has 1 saturated carbocycles. The first-order valence-corrected chi connectivity index (χ1v) is 9.84. The Hall–Kier alpha value is -3.13. The Morgan fingerprint density at radius 1 is 1.17 bits per heavy atom. The molecule has 3 unspecified atom stereocenters. The number of phenolic OH excluding ortho intramolecular Hbond substituents is 1. The summed E-state index contributed by atoms with van der Waals surface area (Å²) in [6.07, 6.45) is 0.775. The van der Waals surface area contributed by atoms with Crippen molar-refractivity contribution in [1.82, 2.24) is 4.90 Å². The van der Waals surface area contributed by atoms with E-state index in [4.69, 9.17) is 5.73 Å². The quantitative estimate of drug-likeness (QED) is 0.550. The zero-order valence-corrected chi connectivity index (χ0v) is 16.8. The van der Waals surface area contributed by atoms with Gasteiger partial charge in [-0.15, -0.1) is 0 Å². The lowest BCUT2D eigenvalue weighted by atomic mass is 9.61. The van der Waals surface area contributed by atoms with E-state index in [1.807, 2.05) is 19.0 Å². The molecule has 0 radical (unpaired) electrons. The first kappa shape index (κ1) is 20.2. The van der Waals surface area contributed by atoms with Crippen LogP contribution in [0.25, 0.3) is 5.76 Å². The minimum atomic E-state index is -1.09. The van der Waals surface area contributed by atoms with Crippen LogP contribution in [-0.4, -0.2) is 51.8 Å². The molecule has 0 bridgehead atoms. The van der Waals surface area contributed by atoms with E-state index in [2.05, 4.69) is 0 Å². The molecule has 0 aliphatic heterocycles. The third kappa shape index (κ3) is 2.90. The number of allylic oxidation sites excluding steroid dienone is 2. The van der Waals surface area contributed by atoms with Crippen LogP contribution in [0, 0.1) is 17.8 Å². The number of carbonyl (C=O) groups is 3. The van der Waals surface area contributed by atoms with Crippen molar-refractivity contribution in [2.75, 3.05) is 14.1 Å². The van der Waals surface area contributed by atoms with Crippen LogP contribution in [0.4, 0.5) is 0 Å². The van der Waals surface area contributed by atoms with Crippen LogP contribution in [-0.2, 0) is 27.3 Å². The molecule has 0 heterocycles. The molecule has 3 aliphatic rings. The minimum absolute atomic E-state index is 0.0548. The van der Waals surface area contributed by atoms with Crippen molar-refractivity contribution in [3.63, 3.8) is 0 Å². The smallest absolute Gasteiger partial charge is 0.255 e. The second-order valence-corrected chi connectivity index (χ2v) is 8.59. The zero-order valence-electron chi connectivity index (χ0n) is 16.8. The van der Waals surface area contributed by atoms with Gasteiger partial charge in [0.05, 0.1) is 11.5 Å². The molecule has 8 heteroatoms. The van der Waals surface area contributed by atoms with Gasteiger partial charge in [-0.3, -0.25) is 14.4 Å². The maximum Gasteiger partial charge on any atom is 0.255 e. The first-order chi connectivity index (χ1) is 14.1. The Morgan fingerprint density at radius 2 is 1.87 bits per heavy atom. The van der Waals surface area contributed by atoms with Gasteiger partial charge in [0.15, 0.2) is 11.6 Å². The first-order valence-electron chi connectivity index (χ1n) is 9.84. The number of aliphatic hydroxyl groups excluding tert-OH is 2. The van der Waals surface area contributed by atoms with Crippen LogP contribution in [0.3, 0.4) is 0 Å². The average Bonchev–Trinajstić information content (AvgIpc) is 2.62. The fraction of sp³-hybridized carbons (Fsp3) is 0.409. The van der Waals surface area contributed by atoms with E-state index in [-0.39, 0.29) is 35.0 Å². The molecular formula is C22H24N2O6. The van der Waals surface area contributed by atoms with E-state index < -0.39 is 40.6 Å². The number of primary amides is 1. The van der Waals surface area contributed by atoms with E-state index in [1.54, 1.807) is 6.07 Å². The SMILES string of the molecule is CN(C)Cc1ccc(O)c2c1CC1CC3CC(=O)C(C(N)=O)=C(O)C3C(=O)C1=C2O. The maximum absolute atomic E-state index is 13.3. The summed E-state index contributed by atoms with van der Waals surface area (Å²) in [5.41, 5.74) is 6.77. The number of nitrogens with zero attached hydrogens (tertiary/aromatic N) is 1. The fourth-order valence-electron chi connectivity index (χ4n) is 5.19. The van der Waals surface area contributed by atoms with Crippen LogP contribution in [0.1, 0.15) is 29.5 Å². The van der Waals surface area contributed by atoms with Crippen molar-refractivity contribution in [1.29, 1.82) is 0 Å². The summed E-state index contributed by atoms with van der Waals surface area (Å²) < 4.78 is 0. The molecule has 1 aromatic carbocycles. The summed E-state index contributed by atoms with van der Waals surface area (Å²) >= 11 is 0. The number of hydrogen-bond acceptors (Lipinski definition) is 7. The number of aromatic hydroxyl groups is 1. The summed E-state index contributed by atoms with van der Waals surface area (Å²) in [5, 5.41) is 31.9. The molecule has 0 spiro atoms. The molecule has 0 aromatic heterocycles. The minimum Gasteiger partial charge on any atom is -0.511 e. The van der Waals surface area contributed by atoms with Gasteiger partial charge < -0.3 is 26.0 Å². The number of amides is 1. The Balaban J connectivity index is 1.86. The van der Waals surface area contributed by atoms with Crippen molar-refractivity contribution in [2.45, 2.75) is 25.8 Å². The number of fused-ring (bicyclic) bond motifs is 3. The maximum atomic E-state index is 13.3. The number of carbonyl (C=O) groups excluding carboxylic acids is 3. The molecule has 0 saturated heterocycles. The molecule has 1 fully saturated rings. The molecule has 5 N–H and O–H groups in total. The van der Waals surface area contributed by atoms with Crippen LogP contribution in [0.2, 0.25) is 0 Å². The van der Waals surface area contributed by atoms with E-state index in [9.17, 15) is 29.7 Å². The second kappa shape index (κ2) is 6.98. The topological polar surface area (TPSA) is 141 Å². The van der Waals surface area contributed by atoms with Crippen LogP contribution in [0.5, 0.6) is 5.75 Å². The number of nitrogens with two attached hydrogens (primary N) is 1. The molecule has 4 rings (SSSR count). The standard InChI is InChI=1S/C22H24N2O6/c1-24(2)8-9-3-4-13(25)17-12(9)6-10-5-11-7-14(26)18(22(23)30)21(29)16(11)19(27)15(10)20(17)28/h3-4,10-11,16,25,28-29H,5-8H2,1-2H3,(H2,23,30). The number of phenols is 1. The third-order valence-electron chi connectivity index (χ3n) is 6.36. The summed E-state index contributed by atoms with van der Waals surface area (Å²) in [5.74, 6) is -5.08. The lowest BCUT2D eigenvalue weighted by molar-refractivity contribution is -0.127. The predicted octanol–water partition coefficient (Wildman–Crippen LogP) is 1.37. The van der Waals surface area contributed by atoms with E-state index >= 15 is 0 Å². The fourth-order valence-corrected chi connectivity index (χ4v) is 5.19. The Kier molecular flexibility index (Phi) is 4.69. The van der Waals surface area contributed by atoms with Gasteiger partial charge in [-0.25, -0.2) is 0 Å². The molecule has 30 heavy (non-hydrogen) atoms. The highest BCUT2D eigenvalue weighted by Crippen LogP contribution is 2.50. The van der Waals surface area contributed by atoms with Gasteiger partial charge in [0, 0.05) is 18.5 Å². The normalized spacial score (nSPS) is 25.9. The van der Waals surface area contributed by atoms with Crippen molar-refractivity contribution in [3.8, 4) is 5.75 Å². The van der Waals surface area contributed by atoms with Gasteiger partial charge >= 0.3 is 0 Å². The van der Waals surface area contributed by atoms with Crippen molar-refractivity contribution >= 4 is 23.2 Å². The summed E-state index contributed by atoms with van der Waals surface area (Å²) in [6.45, 7) is 0.599. The van der Waals surface area contributed by atoms with E-state index in [0.717, 1.165) is 11.1 Å². The summed E-state index contributed by atoms with van der Waals surface area (Å²) in [4.78, 5) is 39.2. The van der Waals surface area contributed by atoms with Gasteiger partial charge in [0.2, 0.25) is 0 Å². The highest BCUT2D eigenvalue weighted by molar-refractivity contribution is 6.21. The Bertz CT molecular complexity index is 1050. The van der Waals surface area contributed by atoms with Gasteiger partial charge in [-0.1, -0.05) is 6.07 Å². The molecule has 3 atom stereocenters. The van der Waals surface area contributed by atoms with Crippen LogP contribution < -0.4 is 5.73 Å². The highest BCUT2D eigenvalue weighted by atomic mass is 16.3. The van der Waals surface area contributed by atoms with E-state index in [1.165, 1.54) is 6.07 Å². The molecule has 8 nitrogen and oxygen atoms in total. The highest BCUT2D eigenvalue weighted by Gasteiger charge is 2.50.